The molecule has 1 aromatic carbocycles. The molecule has 1 aliphatic heterocycles. The number of nitro benzene ring substituents is 1. The van der Waals surface area contributed by atoms with Gasteiger partial charge in [-0.2, -0.15) is 0 Å². The van der Waals surface area contributed by atoms with Gasteiger partial charge in [0.25, 0.3) is 11.6 Å². The second kappa shape index (κ2) is 6.96. The van der Waals surface area contributed by atoms with E-state index in [9.17, 15) is 19.7 Å². The van der Waals surface area contributed by atoms with Crippen LogP contribution in [0, 0.1) is 17.0 Å². The Balaban J connectivity index is 1.98. The third kappa shape index (κ3) is 3.42. The number of furan rings is 1. The van der Waals surface area contributed by atoms with E-state index in [2.05, 4.69) is 0 Å². The maximum absolute atomic E-state index is 13.0. The summed E-state index contributed by atoms with van der Waals surface area (Å²) in [5.41, 5.74) is -0.833. The van der Waals surface area contributed by atoms with Crippen molar-refractivity contribution >= 4 is 17.6 Å². The number of carboxylic acids is 1. The minimum absolute atomic E-state index is 0.0632. The lowest BCUT2D eigenvalue weighted by molar-refractivity contribution is -0.384. The van der Waals surface area contributed by atoms with Crippen molar-refractivity contribution in [1.29, 1.82) is 0 Å². The molecular weight excluding hydrogens is 344 g/mol. The second-order valence-electron chi connectivity index (χ2n) is 5.87. The van der Waals surface area contributed by atoms with Gasteiger partial charge in [-0.15, -0.1) is 0 Å². The van der Waals surface area contributed by atoms with E-state index in [-0.39, 0.29) is 24.3 Å². The zero-order chi connectivity index (χ0) is 18.8. The molecule has 1 aromatic heterocycles. The lowest BCUT2D eigenvalue weighted by atomic mass is 10.1. The number of carbonyl (C=O) groups excluding carboxylic acids is 1. The highest BCUT2D eigenvalue weighted by atomic mass is 16.6. The Morgan fingerprint density at radius 3 is 2.62 bits per heavy atom. The first-order valence-corrected chi connectivity index (χ1v) is 7.84. The summed E-state index contributed by atoms with van der Waals surface area (Å²) in [6.45, 7) is 2.56. The Morgan fingerprint density at radius 2 is 2.00 bits per heavy atom. The van der Waals surface area contributed by atoms with Crippen LogP contribution in [-0.4, -0.2) is 46.6 Å². The fourth-order valence-corrected chi connectivity index (χ4v) is 2.84. The van der Waals surface area contributed by atoms with Crippen molar-refractivity contribution in [3.63, 3.8) is 0 Å². The summed E-state index contributed by atoms with van der Waals surface area (Å²) in [5, 5.41) is 20.2. The summed E-state index contributed by atoms with van der Waals surface area (Å²) >= 11 is 0. The van der Waals surface area contributed by atoms with Gasteiger partial charge < -0.3 is 19.2 Å². The Bertz CT molecular complexity index is 841. The van der Waals surface area contributed by atoms with Crippen LogP contribution in [0.15, 0.2) is 34.7 Å². The van der Waals surface area contributed by atoms with Crippen LogP contribution in [0.25, 0.3) is 0 Å². The molecule has 0 saturated carbocycles. The number of morpholine rings is 1. The van der Waals surface area contributed by atoms with Gasteiger partial charge in [-0.1, -0.05) is 0 Å². The predicted molar refractivity (Wildman–Crippen MR) is 88.1 cm³/mol. The first kappa shape index (κ1) is 17.6. The lowest BCUT2D eigenvalue weighted by Gasteiger charge is -2.34. The molecule has 1 N–H and O–H groups in total. The number of benzene rings is 1. The second-order valence-corrected chi connectivity index (χ2v) is 5.87. The van der Waals surface area contributed by atoms with Crippen molar-refractivity contribution in [2.45, 2.75) is 13.0 Å². The molecule has 9 nitrogen and oxygen atoms in total. The van der Waals surface area contributed by atoms with Gasteiger partial charge in [-0.3, -0.25) is 14.9 Å². The van der Waals surface area contributed by atoms with Crippen molar-refractivity contribution in [3.8, 4) is 0 Å². The summed E-state index contributed by atoms with van der Waals surface area (Å²) in [4.78, 5) is 36.0. The number of carboxylic acid groups (broad SMARTS) is 1. The van der Waals surface area contributed by atoms with E-state index < -0.39 is 28.5 Å². The largest absolute Gasteiger partial charge is 0.478 e. The number of non-ortho nitro benzene ring substituents is 1. The zero-order valence-corrected chi connectivity index (χ0v) is 13.9. The maximum Gasteiger partial charge on any atom is 0.335 e. The molecule has 0 aliphatic carbocycles. The topological polar surface area (TPSA) is 123 Å². The van der Waals surface area contributed by atoms with Gasteiger partial charge in [0, 0.05) is 24.2 Å². The highest BCUT2D eigenvalue weighted by molar-refractivity contribution is 5.98. The molecule has 1 amide bonds. The number of amides is 1. The van der Waals surface area contributed by atoms with Crippen LogP contribution in [0.3, 0.4) is 0 Å². The van der Waals surface area contributed by atoms with Crippen LogP contribution in [-0.2, 0) is 4.74 Å². The first-order valence-electron chi connectivity index (χ1n) is 7.84. The first-order chi connectivity index (χ1) is 12.4. The molecule has 1 saturated heterocycles. The number of hydrogen-bond acceptors (Lipinski definition) is 6. The van der Waals surface area contributed by atoms with Crippen LogP contribution in [0.4, 0.5) is 5.69 Å². The SMILES string of the molecule is Cc1ccc(C2COCCN2C(=O)c2cc(C(=O)O)cc([N+](=O)[O-])c2)o1. The van der Waals surface area contributed by atoms with Gasteiger partial charge in [0.2, 0.25) is 0 Å². The quantitative estimate of drug-likeness (QED) is 0.656. The van der Waals surface area contributed by atoms with Gasteiger partial charge >= 0.3 is 5.97 Å². The van der Waals surface area contributed by atoms with Crippen molar-refractivity contribution in [2.75, 3.05) is 19.8 Å². The van der Waals surface area contributed by atoms with E-state index in [0.29, 0.717) is 18.1 Å². The molecule has 3 rings (SSSR count). The van der Waals surface area contributed by atoms with Crippen molar-refractivity contribution in [2.24, 2.45) is 0 Å². The summed E-state index contributed by atoms with van der Waals surface area (Å²) < 4.78 is 11.0. The van der Waals surface area contributed by atoms with Crippen molar-refractivity contribution in [3.05, 3.63) is 63.1 Å². The molecule has 1 fully saturated rings. The van der Waals surface area contributed by atoms with Gasteiger partial charge in [-0.05, 0) is 25.1 Å². The lowest BCUT2D eigenvalue weighted by Crippen LogP contribution is -2.43. The summed E-state index contributed by atoms with van der Waals surface area (Å²) in [6.07, 6.45) is 0. The summed E-state index contributed by atoms with van der Waals surface area (Å²) in [7, 11) is 0. The molecule has 136 valence electrons. The smallest absolute Gasteiger partial charge is 0.335 e. The van der Waals surface area contributed by atoms with Crippen LogP contribution in [0.5, 0.6) is 0 Å². The Kier molecular flexibility index (Phi) is 4.72. The van der Waals surface area contributed by atoms with E-state index >= 15 is 0 Å². The average Bonchev–Trinajstić information content (AvgIpc) is 3.06. The number of rotatable bonds is 4. The van der Waals surface area contributed by atoms with Crippen LogP contribution in [0.1, 0.15) is 38.3 Å². The van der Waals surface area contributed by atoms with Crippen molar-refractivity contribution in [1.82, 2.24) is 4.90 Å². The normalized spacial score (nSPS) is 17.1. The highest BCUT2D eigenvalue weighted by Crippen LogP contribution is 2.28. The Hall–Kier alpha value is -3.20. The molecule has 26 heavy (non-hydrogen) atoms. The van der Waals surface area contributed by atoms with Crippen LogP contribution in [0.2, 0.25) is 0 Å². The van der Waals surface area contributed by atoms with E-state index in [4.69, 9.17) is 14.3 Å². The third-order valence-corrected chi connectivity index (χ3v) is 4.10. The molecule has 0 bridgehead atoms. The molecule has 1 atom stereocenters. The molecule has 1 aliphatic rings. The number of aryl methyl sites for hydroxylation is 1. The fraction of sp³-hybridized carbons (Fsp3) is 0.294. The monoisotopic (exact) mass is 360 g/mol. The molecule has 0 radical (unpaired) electrons. The highest BCUT2D eigenvalue weighted by Gasteiger charge is 2.32. The minimum Gasteiger partial charge on any atom is -0.478 e. The number of nitro groups is 1. The van der Waals surface area contributed by atoms with E-state index in [1.54, 1.807) is 19.1 Å². The molecule has 9 heteroatoms. The molecule has 2 heterocycles. The number of aromatic carboxylic acids is 1. The standard InChI is InChI=1S/C17H16N2O7/c1-10-2-3-15(26-10)14-9-25-5-4-18(14)16(20)11-6-12(17(21)22)8-13(7-11)19(23)24/h2-3,6-8,14H,4-5,9H2,1H3,(H,21,22). The van der Waals surface area contributed by atoms with Gasteiger partial charge in [-0.25, -0.2) is 4.79 Å². The molecule has 2 aromatic rings. The average molecular weight is 360 g/mol. The van der Waals surface area contributed by atoms with Gasteiger partial charge in [0.05, 0.1) is 23.7 Å². The Labute approximate surface area is 147 Å². The van der Waals surface area contributed by atoms with Gasteiger partial charge in [0.15, 0.2) is 0 Å². The predicted octanol–water partition coefficient (Wildman–Crippen LogP) is 2.41. The summed E-state index contributed by atoms with van der Waals surface area (Å²) in [6, 6.07) is 6.16. The Morgan fingerprint density at radius 1 is 1.27 bits per heavy atom. The minimum atomic E-state index is -1.34. The van der Waals surface area contributed by atoms with Crippen LogP contribution >= 0.6 is 0 Å². The van der Waals surface area contributed by atoms with Crippen molar-refractivity contribution < 1.29 is 28.8 Å². The molecule has 1 unspecified atom stereocenters. The number of hydrogen-bond donors (Lipinski definition) is 1. The third-order valence-electron chi connectivity index (χ3n) is 4.10. The molecular formula is C17H16N2O7. The summed E-state index contributed by atoms with van der Waals surface area (Å²) in [5.74, 6) is -0.637. The number of ether oxygens (including phenoxy) is 1. The maximum atomic E-state index is 13.0. The van der Waals surface area contributed by atoms with E-state index in [1.165, 1.54) is 4.90 Å². The van der Waals surface area contributed by atoms with E-state index in [0.717, 1.165) is 18.2 Å². The number of carbonyl (C=O) groups is 2. The number of nitrogens with zero attached hydrogens (tertiary/aromatic N) is 2. The van der Waals surface area contributed by atoms with Crippen LogP contribution < -0.4 is 0 Å². The molecule has 0 spiro atoms. The zero-order valence-electron chi connectivity index (χ0n) is 13.9. The fourth-order valence-electron chi connectivity index (χ4n) is 2.84. The van der Waals surface area contributed by atoms with E-state index in [1.807, 2.05) is 0 Å². The van der Waals surface area contributed by atoms with Gasteiger partial charge in [0.1, 0.15) is 17.6 Å².